The average molecular weight is 388 g/mol. The zero-order valence-electron chi connectivity index (χ0n) is 17.5. The lowest BCUT2D eigenvalue weighted by molar-refractivity contribution is -0.130. The van der Waals surface area contributed by atoms with Gasteiger partial charge < -0.3 is 19.5 Å². The van der Waals surface area contributed by atoms with Crippen molar-refractivity contribution in [1.29, 1.82) is 0 Å². The van der Waals surface area contributed by atoms with Gasteiger partial charge in [-0.15, -0.1) is 0 Å². The van der Waals surface area contributed by atoms with Crippen LogP contribution in [0.5, 0.6) is 17.2 Å². The Labute approximate surface area is 168 Å². The quantitative estimate of drug-likeness (QED) is 0.749. The molecule has 0 saturated heterocycles. The molecule has 154 valence electrons. The number of benzene rings is 1. The van der Waals surface area contributed by atoms with E-state index >= 15 is 0 Å². The lowest BCUT2D eigenvalue weighted by Gasteiger charge is -2.56. The highest BCUT2D eigenvalue weighted by molar-refractivity contribution is 5.77. The highest BCUT2D eigenvalue weighted by Crippen LogP contribution is 2.61. The first-order chi connectivity index (χ1) is 13.4. The van der Waals surface area contributed by atoms with Gasteiger partial charge >= 0.3 is 0 Å². The van der Waals surface area contributed by atoms with E-state index < -0.39 is 0 Å². The first kappa shape index (κ1) is 19.4. The molecular weight excluding hydrogens is 354 g/mol. The van der Waals surface area contributed by atoms with Crippen LogP contribution in [0.1, 0.15) is 63.5 Å². The molecule has 0 aromatic heterocycles. The van der Waals surface area contributed by atoms with Crippen molar-refractivity contribution in [1.82, 2.24) is 5.32 Å². The Morgan fingerprint density at radius 2 is 1.50 bits per heavy atom. The third-order valence-corrected chi connectivity index (χ3v) is 7.27. The predicted molar refractivity (Wildman–Crippen MR) is 108 cm³/mol. The largest absolute Gasteiger partial charge is 0.493 e. The normalized spacial score (nSPS) is 31.4. The number of rotatable bonds is 7. The number of hydrogen-bond donors (Lipinski definition) is 1. The molecule has 1 aromatic carbocycles. The highest BCUT2D eigenvalue weighted by atomic mass is 16.5. The topological polar surface area (TPSA) is 56.8 Å². The summed E-state index contributed by atoms with van der Waals surface area (Å²) in [4.78, 5) is 12.9. The second kappa shape index (κ2) is 7.49. The molecule has 5 rings (SSSR count). The van der Waals surface area contributed by atoms with Crippen LogP contribution in [-0.4, -0.2) is 27.2 Å². The summed E-state index contributed by atoms with van der Waals surface area (Å²) in [5.74, 6) is 4.56. The van der Waals surface area contributed by atoms with Gasteiger partial charge in [-0.1, -0.05) is 0 Å². The summed E-state index contributed by atoms with van der Waals surface area (Å²) in [5.41, 5.74) is 1.21. The molecule has 0 spiro atoms. The molecule has 0 heterocycles. The third kappa shape index (κ3) is 3.56. The molecule has 4 fully saturated rings. The monoisotopic (exact) mass is 387 g/mol. The van der Waals surface area contributed by atoms with Gasteiger partial charge in [0.05, 0.1) is 27.4 Å². The lowest BCUT2D eigenvalue weighted by Crippen LogP contribution is -2.48. The Bertz CT molecular complexity index is 684. The molecule has 1 amide bonds. The summed E-state index contributed by atoms with van der Waals surface area (Å²) in [6, 6.07) is 3.71. The van der Waals surface area contributed by atoms with E-state index in [4.69, 9.17) is 14.2 Å². The van der Waals surface area contributed by atoms with E-state index in [0.29, 0.717) is 23.7 Å². The van der Waals surface area contributed by atoms with Crippen molar-refractivity contribution < 1.29 is 19.0 Å². The van der Waals surface area contributed by atoms with Crippen molar-refractivity contribution in [3.05, 3.63) is 17.7 Å². The molecule has 1 aromatic rings. The van der Waals surface area contributed by atoms with Gasteiger partial charge in [0.15, 0.2) is 11.5 Å². The molecule has 1 unspecified atom stereocenters. The number of ether oxygens (including phenoxy) is 3. The number of methoxy groups -OCH3 is 3. The van der Waals surface area contributed by atoms with Crippen molar-refractivity contribution in [3.8, 4) is 17.2 Å². The number of carbonyl (C=O) groups excluding carboxylic acids is 1. The van der Waals surface area contributed by atoms with E-state index in [2.05, 4.69) is 5.32 Å². The molecule has 0 radical (unpaired) electrons. The van der Waals surface area contributed by atoms with E-state index in [1.165, 1.54) is 38.5 Å². The van der Waals surface area contributed by atoms with Crippen LogP contribution in [0.3, 0.4) is 0 Å². The van der Waals surface area contributed by atoms with Gasteiger partial charge in [0, 0.05) is 6.42 Å². The van der Waals surface area contributed by atoms with Crippen LogP contribution in [0.4, 0.5) is 0 Å². The standard InChI is InChI=1S/C23H33NO4/c1-14(18-8-19(26-2)22(28-4)20(9-18)27-3)24-21(25)13-23-10-15-5-16(11-23)7-17(6-15)12-23/h8-9,14-17H,5-7,10-13H2,1-4H3,(H,24,25). The fourth-order valence-electron chi connectivity index (χ4n) is 6.57. The van der Waals surface area contributed by atoms with Crippen molar-refractivity contribution in [3.63, 3.8) is 0 Å². The lowest BCUT2D eigenvalue weighted by atomic mass is 9.49. The van der Waals surface area contributed by atoms with Gasteiger partial charge in [-0.05, 0) is 86.3 Å². The van der Waals surface area contributed by atoms with Crippen LogP contribution in [0.25, 0.3) is 0 Å². The third-order valence-electron chi connectivity index (χ3n) is 7.27. The predicted octanol–water partition coefficient (Wildman–Crippen LogP) is 4.50. The minimum atomic E-state index is -0.116. The summed E-state index contributed by atoms with van der Waals surface area (Å²) in [7, 11) is 4.81. The van der Waals surface area contributed by atoms with Crippen LogP contribution in [0.2, 0.25) is 0 Å². The highest BCUT2D eigenvalue weighted by Gasteiger charge is 2.51. The van der Waals surface area contributed by atoms with Gasteiger partial charge in [0.25, 0.3) is 0 Å². The number of amides is 1. The molecule has 28 heavy (non-hydrogen) atoms. The summed E-state index contributed by atoms with van der Waals surface area (Å²) < 4.78 is 16.3. The zero-order chi connectivity index (χ0) is 19.9. The van der Waals surface area contributed by atoms with E-state index in [1.54, 1.807) is 21.3 Å². The minimum Gasteiger partial charge on any atom is -0.493 e. The second-order valence-electron chi connectivity index (χ2n) is 9.34. The minimum absolute atomic E-state index is 0.116. The maximum absolute atomic E-state index is 12.9. The summed E-state index contributed by atoms with van der Waals surface area (Å²) in [5, 5.41) is 3.22. The van der Waals surface area contributed by atoms with Gasteiger partial charge in [0.1, 0.15) is 0 Å². The molecule has 0 aliphatic heterocycles. The Balaban J connectivity index is 1.45. The van der Waals surface area contributed by atoms with Crippen LogP contribution in [-0.2, 0) is 4.79 Å². The summed E-state index contributed by atoms with van der Waals surface area (Å²) in [6.45, 7) is 2.01. The molecule has 1 N–H and O–H groups in total. The van der Waals surface area contributed by atoms with Gasteiger partial charge in [-0.3, -0.25) is 4.79 Å². The SMILES string of the molecule is COc1cc(C(C)NC(=O)CC23CC4CC(CC(C4)C2)C3)cc(OC)c1OC. The summed E-state index contributed by atoms with van der Waals surface area (Å²) in [6.07, 6.45) is 8.65. The molecular formula is C23H33NO4. The van der Waals surface area contributed by atoms with Crippen LogP contribution in [0.15, 0.2) is 12.1 Å². The maximum Gasteiger partial charge on any atom is 0.221 e. The Hall–Kier alpha value is -1.91. The Morgan fingerprint density at radius 3 is 1.93 bits per heavy atom. The van der Waals surface area contributed by atoms with E-state index in [-0.39, 0.29) is 17.4 Å². The van der Waals surface area contributed by atoms with Crippen molar-refractivity contribution in [2.75, 3.05) is 21.3 Å². The number of carbonyl (C=O) groups is 1. The van der Waals surface area contributed by atoms with E-state index in [0.717, 1.165) is 23.3 Å². The van der Waals surface area contributed by atoms with Crippen LogP contribution < -0.4 is 19.5 Å². The first-order valence-corrected chi connectivity index (χ1v) is 10.5. The zero-order valence-corrected chi connectivity index (χ0v) is 17.5. The molecule has 5 heteroatoms. The Morgan fingerprint density at radius 1 is 1.00 bits per heavy atom. The molecule has 4 saturated carbocycles. The number of hydrogen-bond acceptors (Lipinski definition) is 4. The van der Waals surface area contributed by atoms with Gasteiger partial charge in [0.2, 0.25) is 11.7 Å². The molecule has 5 nitrogen and oxygen atoms in total. The van der Waals surface area contributed by atoms with Crippen LogP contribution >= 0.6 is 0 Å². The van der Waals surface area contributed by atoms with Crippen LogP contribution in [0, 0.1) is 23.2 Å². The van der Waals surface area contributed by atoms with Gasteiger partial charge in [-0.2, -0.15) is 0 Å². The first-order valence-electron chi connectivity index (χ1n) is 10.5. The molecule has 4 aliphatic rings. The van der Waals surface area contributed by atoms with E-state index in [1.807, 2.05) is 19.1 Å². The van der Waals surface area contributed by atoms with Crippen molar-refractivity contribution in [2.24, 2.45) is 23.2 Å². The molecule has 4 bridgehead atoms. The summed E-state index contributed by atoms with van der Waals surface area (Å²) >= 11 is 0. The van der Waals surface area contributed by atoms with Gasteiger partial charge in [-0.25, -0.2) is 0 Å². The average Bonchev–Trinajstić information content (AvgIpc) is 2.64. The number of nitrogens with one attached hydrogen (secondary N) is 1. The second-order valence-corrected chi connectivity index (χ2v) is 9.34. The Kier molecular flexibility index (Phi) is 5.19. The fraction of sp³-hybridized carbons (Fsp3) is 0.696. The van der Waals surface area contributed by atoms with E-state index in [9.17, 15) is 4.79 Å². The van der Waals surface area contributed by atoms with Crippen molar-refractivity contribution >= 4 is 5.91 Å². The molecule has 1 atom stereocenters. The van der Waals surface area contributed by atoms with Crippen molar-refractivity contribution in [2.45, 2.75) is 57.9 Å². The molecule has 4 aliphatic carbocycles. The maximum atomic E-state index is 12.9. The fourth-order valence-corrected chi connectivity index (χ4v) is 6.57. The smallest absolute Gasteiger partial charge is 0.221 e.